The predicted molar refractivity (Wildman–Crippen MR) is 91.8 cm³/mol. The molecule has 0 amide bonds. The molecule has 4 rings (SSSR count). The average molecular weight is 342 g/mol. The van der Waals surface area contributed by atoms with E-state index in [0.29, 0.717) is 16.9 Å². The molecule has 0 aromatic carbocycles. The first-order chi connectivity index (χ1) is 11.2. The van der Waals surface area contributed by atoms with Crippen LogP contribution < -0.4 is 0 Å². The van der Waals surface area contributed by atoms with Gasteiger partial charge in [-0.2, -0.15) is 0 Å². The van der Waals surface area contributed by atoms with Crippen LogP contribution in [0.5, 0.6) is 0 Å². The fraction of sp³-hybridized carbons (Fsp3) is 0.188. The standard InChI is InChI=1S/C16H14N4OS2/c1-10-5-7-22-13(10)15-18-19-16(21-15)23-9-12-8-20-6-3-4-11(2)14(20)17-12/h3-8H,9H2,1-2H3. The van der Waals surface area contributed by atoms with E-state index >= 15 is 0 Å². The molecule has 0 radical (unpaired) electrons. The van der Waals surface area contributed by atoms with Gasteiger partial charge < -0.3 is 8.82 Å². The number of thioether (sulfide) groups is 1. The number of fused-ring (bicyclic) bond motifs is 1. The van der Waals surface area contributed by atoms with Gasteiger partial charge in [0.1, 0.15) is 5.65 Å². The molecule has 4 aromatic heterocycles. The van der Waals surface area contributed by atoms with Crippen LogP contribution in [0.25, 0.3) is 16.4 Å². The monoisotopic (exact) mass is 342 g/mol. The Kier molecular flexibility index (Phi) is 3.66. The summed E-state index contributed by atoms with van der Waals surface area (Å²) >= 11 is 3.12. The quantitative estimate of drug-likeness (QED) is 0.516. The SMILES string of the molecule is Cc1ccsc1-c1nnc(SCc2cn3cccc(C)c3n2)o1. The predicted octanol–water partition coefficient (Wildman–Crippen LogP) is 4.35. The molecule has 0 saturated heterocycles. The largest absolute Gasteiger partial charge is 0.410 e. The highest BCUT2D eigenvalue weighted by Gasteiger charge is 2.13. The second kappa shape index (κ2) is 5.82. The molecule has 0 fully saturated rings. The number of pyridine rings is 1. The van der Waals surface area contributed by atoms with Crippen molar-refractivity contribution in [2.24, 2.45) is 0 Å². The molecule has 0 aliphatic heterocycles. The van der Waals surface area contributed by atoms with E-state index in [9.17, 15) is 0 Å². The van der Waals surface area contributed by atoms with Crippen molar-refractivity contribution in [3.63, 3.8) is 0 Å². The van der Waals surface area contributed by atoms with E-state index in [4.69, 9.17) is 4.42 Å². The van der Waals surface area contributed by atoms with E-state index in [-0.39, 0.29) is 0 Å². The summed E-state index contributed by atoms with van der Waals surface area (Å²) in [4.78, 5) is 5.69. The first-order valence-electron chi connectivity index (χ1n) is 7.14. The lowest BCUT2D eigenvalue weighted by atomic mass is 10.3. The van der Waals surface area contributed by atoms with Crippen LogP contribution >= 0.6 is 23.1 Å². The smallest absolute Gasteiger partial charge is 0.277 e. The molecule has 23 heavy (non-hydrogen) atoms. The van der Waals surface area contributed by atoms with E-state index in [2.05, 4.69) is 34.2 Å². The zero-order valence-corrected chi connectivity index (χ0v) is 14.3. The minimum atomic E-state index is 0.571. The maximum atomic E-state index is 5.74. The summed E-state index contributed by atoms with van der Waals surface area (Å²) in [6, 6.07) is 6.14. The van der Waals surface area contributed by atoms with Crippen LogP contribution in [0.2, 0.25) is 0 Å². The summed E-state index contributed by atoms with van der Waals surface area (Å²) in [6.07, 6.45) is 4.05. The molecular weight excluding hydrogens is 328 g/mol. The summed E-state index contributed by atoms with van der Waals surface area (Å²) < 4.78 is 7.79. The van der Waals surface area contributed by atoms with E-state index < -0.39 is 0 Å². The molecule has 0 saturated carbocycles. The van der Waals surface area contributed by atoms with Gasteiger partial charge in [-0.15, -0.1) is 21.5 Å². The van der Waals surface area contributed by atoms with Gasteiger partial charge in [-0.1, -0.05) is 17.8 Å². The lowest BCUT2D eigenvalue weighted by Gasteiger charge is -1.94. The van der Waals surface area contributed by atoms with Crippen molar-refractivity contribution < 1.29 is 4.42 Å². The molecule has 0 unspecified atom stereocenters. The van der Waals surface area contributed by atoms with E-state index in [0.717, 1.165) is 27.3 Å². The Bertz CT molecular complexity index is 969. The summed E-state index contributed by atoms with van der Waals surface area (Å²) in [6.45, 7) is 4.11. The van der Waals surface area contributed by atoms with Crippen LogP contribution in [-0.2, 0) is 5.75 Å². The van der Waals surface area contributed by atoms with E-state index in [1.807, 2.05) is 35.2 Å². The van der Waals surface area contributed by atoms with Gasteiger partial charge >= 0.3 is 0 Å². The Balaban J connectivity index is 1.51. The minimum absolute atomic E-state index is 0.571. The van der Waals surface area contributed by atoms with Gasteiger partial charge in [0.15, 0.2) is 0 Å². The van der Waals surface area contributed by atoms with Crippen LogP contribution in [0, 0.1) is 13.8 Å². The summed E-state index contributed by atoms with van der Waals surface area (Å²) in [5.41, 5.74) is 4.31. The molecule has 0 aliphatic carbocycles. The lowest BCUT2D eigenvalue weighted by Crippen LogP contribution is -1.84. The van der Waals surface area contributed by atoms with Crippen LogP contribution in [0.1, 0.15) is 16.8 Å². The molecule has 5 nitrogen and oxygen atoms in total. The Labute approximate surface area is 141 Å². The van der Waals surface area contributed by atoms with Crippen molar-refractivity contribution in [1.29, 1.82) is 0 Å². The second-order valence-electron chi connectivity index (χ2n) is 5.25. The molecule has 7 heteroatoms. The maximum absolute atomic E-state index is 5.74. The number of nitrogens with zero attached hydrogens (tertiary/aromatic N) is 4. The Hall–Kier alpha value is -2.12. The normalized spacial score (nSPS) is 11.4. The lowest BCUT2D eigenvalue weighted by molar-refractivity contribution is 0.466. The number of hydrogen-bond donors (Lipinski definition) is 0. The molecule has 0 spiro atoms. The van der Waals surface area contributed by atoms with Gasteiger partial charge in [0.25, 0.3) is 11.1 Å². The second-order valence-corrected chi connectivity index (χ2v) is 7.09. The fourth-order valence-corrected chi connectivity index (χ4v) is 3.85. The average Bonchev–Trinajstić information content (AvgIpc) is 3.24. The number of aryl methyl sites for hydroxylation is 2. The molecular formula is C16H14N4OS2. The van der Waals surface area contributed by atoms with Gasteiger partial charge in [0, 0.05) is 18.1 Å². The molecule has 0 aliphatic rings. The Morgan fingerprint density at radius 3 is 2.91 bits per heavy atom. The Morgan fingerprint density at radius 1 is 1.22 bits per heavy atom. The van der Waals surface area contributed by atoms with Crippen molar-refractivity contribution in [3.8, 4) is 10.8 Å². The molecule has 116 valence electrons. The first kappa shape index (κ1) is 14.5. The van der Waals surface area contributed by atoms with Crippen molar-refractivity contribution in [2.45, 2.75) is 24.8 Å². The van der Waals surface area contributed by atoms with Crippen LogP contribution in [0.15, 0.2) is 45.6 Å². The molecule has 0 N–H and O–H groups in total. The van der Waals surface area contributed by atoms with Gasteiger partial charge in [-0.05, 0) is 42.5 Å². The Morgan fingerprint density at radius 2 is 2.13 bits per heavy atom. The highest BCUT2D eigenvalue weighted by atomic mass is 32.2. The minimum Gasteiger partial charge on any atom is -0.410 e. The van der Waals surface area contributed by atoms with Gasteiger partial charge in [-0.3, -0.25) is 0 Å². The summed E-state index contributed by atoms with van der Waals surface area (Å²) in [5, 5.41) is 10.9. The number of thiophene rings is 1. The van der Waals surface area contributed by atoms with Crippen molar-refractivity contribution in [1.82, 2.24) is 19.6 Å². The fourth-order valence-electron chi connectivity index (χ4n) is 2.36. The number of imidazole rings is 1. The zero-order chi connectivity index (χ0) is 15.8. The van der Waals surface area contributed by atoms with Gasteiger partial charge in [-0.25, -0.2) is 4.98 Å². The maximum Gasteiger partial charge on any atom is 0.277 e. The van der Waals surface area contributed by atoms with Crippen molar-refractivity contribution in [3.05, 3.63) is 52.8 Å². The third kappa shape index (κ3) is 2.77. The topological polar surface area (TPSA) is 56.2 Å². The van der Waals surface area contributed by atoms with Gasteiger partial charge in [0.2, 0.25) is 0 Å². The zero-order valence-electron chi connectivity index (χ0n) is 12.7. The summed E-state index contributed by atoms with van der Waals surface area (Å²) in [5.74, 6) is 1.29. The third-order valence-corrected chi connectivity index (χ3v) is 5.39. The van der Waals surface area contributed by atoms with Crippen LogP contribution in [-0.4, -0.2) is 19.6 Å². The van der Waals surface area contributed by atoms with Crippen molar-refractivity contribution >= 4 is 28.7 Å². The van der Waals surface area contributed by atoms with E-state index in [1.54, 1.807) is 11.3 Å². The van der Waals surface area contributed by atoms with Gasteiger partial charge in [0.05, 0.1) is 10.6 Å². The highest BCUT2D eigenvalue weighted by Crippen LogP contribution is 2.30. The highest BCUT2D eigenvalue weighted by molar-refractivity contribution is 7.98. The third-order valence-electron chi connectivity index (χ3n) is 3.53. The van der Waals surface area contributed by atoms with E-state index in [1.165, 1.54) is 11.8 Å². The number of aromatic nitrogens is 4. The first-order valence-corrected chi connectivity index (χ1v) is 9.01. The number of hydrogen-bond acceptors (Lipinski definition) is 6. The van der Waals surface area contributed by atoms with Crippen LogP contribution in [0.4, 0.5) is 0 Å². The summed E-state index contributed by atoms with van der Waals surface area (Å²) in [7, 11) is 0. The van der Waals surface area contributed by atoms with Crippen molar-refractivity contribution in [2.75, 3.05) is 0 Å². The molecule has 0 bridgehead atoms. The number of rotatable bonds is 4. The molecule has 4 heterocycles. The van der Waals surface area contributed by atoms with Crippen LogP contribution in [0.3, 0.4) is 0 Å². The molecule has 0 atom stereocenters. The molecule has 4 aromatic rings.